The van der Waals surface area contributed by atoms with Crippen molar-refractivity contribution in [2.24, 2.45) is 7.05 Å². The van der Waals surface area contributed by atoms with Gasteiger partial charge >= 0.3 is 0 Å². The van der Waals surface area contributed by atoms with Crippen LogP contribution in [0.2, 0.25) is 0 Å². The van der Waals surface area contributed by atoms with Crippen molar-refractivity contribution in [3.05, 3.63) is 28.2 Å². The zero-order chi connectivity index (χ0) is 10.3. The smallest absolute Gasteiger partial charge is 0.252 e. The van der Waals surface area contributed by atoms with Crippen LogP contribution in [0.25, 0.3) is 11.0 Å². The molecule has 0 unspecified atom stereocenters. The second kappa shape index (κ2) is 2.97. The molecule has 4 nitrogen and oxygen atoms in total. The zero-order valence-corrected chi connectivity index (χ0v) is 8.53. The molecule has 0 bridgehead atoms. The number of hydrogen-bond donors (Lipinski definition) is 1. The van der Waals surface area contributed by atoms with Gasteiger partial charge in [-0.2, -0.15) is 5.10 Å². The number of aromatic amines is 1. The average molecular weight is 191 g/mol. The summed E-state index contributed by atoms with van der Waals surface area (Å²) in [5.74, 6) is 0.234. The summed E-state index contributed by atoms with van der Waals surface area (Å²) in [5, 5.41) is 4.08. The van der Waals surface area contributed by atoms with Crippen LogP contribution in [0, 0.1) is 0 Å². The largest absolute Gasteiger partial charge is 0.319 e. The Morgan fingerprint density at radius 1 is 1.50 bits per heavy atom. The van der Waals surface area contributed by atoms with Gasteiger partial charge in [0, 0.05) is 12.6 Å². The highest BCUT2D eigenvalue weighted by molar-refractivity contribution is 5.74. The van der Waals surface area contributed by atoms with Gasteiger partial charge in [-0.25, -0.2) is 0 Å². The van der Waals surface area contributed by atoms with Crippen molar-refractivity contribution in [1.82, 2.24) is 14.8 Å². The topological polar surface area (TPSA) is 50.7 Å². The van der Waals surface area contributed by atoms with E-state index in [2.05, 4.69) is 10.1 Å². The van der Waals surface area contributed by atoms with Gasteiger partial charge in [-0.05, 0) is 12.0 Å². The first-order valence-corrected chi connectivity index (χ1v) is 4.64. The van der Waals surface area contributed by atoms with Gasteiger partial charge in [-0.3, -0.25) is 9.48 Å². The summed E-state index contributed by atoms with van der Waals surface area (Å²) in [6.07, 6.45) is 1.67. The average Bonchev–Trinajstić information content (AvgIpc) is 2.46. The molecule has 2 heterocycles. The maximum Gasteiger partial charge on any atom is 0.252 e. The molecule has 0 aliphatic rings. The van der Waals surface area contributed by atoms with Gasteiger partial charge in [0.25, 0.3) is 5.56 Å². The van der Waals surface area contributed by atoms with E-state index in [0.717, 1.165) is 16.6 Å². The minimum atomic E-state index is -0.0134. The molecule has 74 valence electrons. The van der Waals surface area contributed by atoms with Crippen molar-refractivity contribution in [2.45, 2.75) is 19.8 Å². The minimum Gasteiger partial charge on any atom is -0.319 e. The summed E-state index contributed by atoms with van der Waals surface area (Å²) >= 11 is 0. The van der Waals surface area contributed by atoms with Crippen molar-refractivity contribution in [3.63, 3.8) is 0 Å². The Kier molecular flexibility index (Phi) is 1.91. The molecule has 2 aromatic rings. The molecule has 0 fully saturated rings. The van der Waals surface area contributed by atoms with E-state index in [4.69, 9.17) is 0 Å². The molecule has 0 radical (unpaired) electrons. The lowest BCUT2D eigenvalue weighted by Gasteiger charge is -2.03. The van der Waals surface area contributed by atoms with Crippen LogP contribution in [0.4, 0.5) is 0 Å². The molecule has 0 aliphatic carbocycles. The molecule has 0 saturated heterocycles. The van der Waals surface area contributed by atoms with Gasteiger partial charge in [-0.1, -0.05) is 13.8 Å². The third-order valence-electron chi connectivity index (χ3n) is 2.41. The Balaban J connectivity index is 2.81. The van der Waals surface area contributed by atoms with Crippen molar-refractivity contribution in [3.8, 4) is 0 Å². The molecule has 1 N–H and O–H groups in total. The molecular formula is C10H13N3O. The van der Waals surface area contributed by atoms with Crippen molar-refractivity contribution in [1.29, 1.82) is 0 Å². The van der Waals surface area contributed by atoms with Crippen LogP contribution >= 0.6 is 0 Å². The molecular weight excluding hydrogens is 178 g/mol. The third kappa shape index (κ3) is 1.23. The third-order valence-corrected chi connectivity index (χ3v) is 2.41. The Labute approximate surface area is 81.6 Å². The molecule has 0 spiro atoms. The second-order valence-electron chi connectivity index (χ2n) is 3.78. The highest BCUT2D eigenvalue weighted by atomic mass is 16.1. The van der Waals surface area contributed by atoms with Gasteiger partial charge in [0.15, 0.2) is 0 Å². The first kappa shape index (κ1) is 8.99. The number of H-pyrrole nitrogens is 1. The van der Waals surface area contributed by atoms with E-state index >= 15 is 0 Å². The predicted octanol–water partition coefficient (Wildman–Crippen LogP) is 1.39. The Morgan fingerprint density at radius 3 is 2.86 bits per heavy atom. The quantitative estimate of drug-likeness (QED) is 0.740. The number of hydrogen-bond acceptors (Lipinski definition) is 2. The van der Waals surface area contributed by atoms with Gasteiger partial charge in [-0.15, -0.1) is 0 Å². The van der Waals surface area contributed by atoms with Crippen LogP contribution in [0.15, 0.2) is 17.1 Å². The number of rotatable bonds is 1. The number of nitrogens with one attached hydrogen (secondary N) is 1. The monoisotopic (exact) mass is 191 g/mol. The maximum absolute atomic E-state index is 11.6. The van der Waals surface area contributed by atoms with Crippen LogP contribution in [-0.2, 0) is 7.05 Å². The van der Waals surface area contributed by atoms with Crippen molar-refractivity contribution >= 4 is 11.0 Å². The summed E-state index contributed by atoms with van der Waals surface area (Å²) in [6.45, 7) is 4.01. The molecule has 0 saturated carbocycles. The number of aromatic nitrogens is 3. The van der Waals surface area contributed by atoms with Crippen LogP contribution in [0.3, 0.4) is 0 Å². The van der Waals surface area contributed by atoms with Crippen molar-refractivity contribution < 1.29 is 0 Å². The van der Waals surface area contributed by atoms with E-state index in [1.54, 1.807) is 10.9 Å². The summed E-state index contributed by atoms with van der Waals surface area (Å²) in [4.78, 5) is 14.4. The summed E-state index contributed by atoms with van der Waals surface area (Å²) in [6, 6.07) is 1.91. The minimum absolute atomic E-state index is 0.0134. The van der Waals surface area contributed by atoms with Crippen LogP contribution < -0.4 is 5.56 Å². The van der Waals surface area contributed by atoms with E-state index in [9.17, 15) is 4.79 Å². The summed E-state index contributed by atoms with van der Waals surface area (Å²) < 4.78 is 1.76. The van der Waals surface area contributed by atoms with Gasteiger partial charge in [0.2, 0.25) is 0 Å². The second-order valence-corrected chi connectivity index (χ2v) is 3.78. The zero-order valence-electron chi connectivity index (χ0n) is 8.53. The molecule has 0 amide bonds. The lowest BCUT2D eigenvalue weighted by Crippen LogP contribution is -2.13. The Hall–Kier alpha value is -1.58. The fourth-order valence-electron chi connectivity index (χ4n) is 1.55. The lowest BCUT2D eigenvalue weighted by molar-refractivity contribution is 0.792. The van der Waals surface area contributed by atoms with Crippen LogP contribution in [0.1, 0.15) is 25.3 Å². The summed E-state index contributed by atoms with van der Waals surface area (Å²) in [7, 11) is 1.87. The van der Waals surface area contributed by atoms with Crippen LogP contribution in [-0.4, -0.2) is 14.8 Å². The Bertz CT molecular complexity index is 522. The number of nitrogens with zero attached hydrogens (tertiary/aromatic N) is 2. The Morgan fingerprint density at radius 2 is 2.21 bits per heavy atom. The fourth-order valence-corrected chi connectivity index (χ4v) is 1.55. The highest BCUT2D eigenvalue weighted by Crippen LogP contribution is 2.14. The number of aryl methyl sites for hydroxylation is 1. The predicted molar refractivity (Wildman–Crippen MR) is 55.4 cm³/mol. The first-order chi connectivity index (χ1) is 6.59. The highest BCUT2D eigenvalue weighted by Gasteiger charge is 2.08. The normalized spacial score (nSPS) is 11.4. The SMILES string of the molecule is CC(C)c1cc2c(cnn2C)[nH]c1=O. The van der Waals surface area contributed by atoms with E-state index in [-0.39, 0.29) is 11.5 Å². The molecule has 4 heteroatoms. The number of fused-ring (bicyclic) bond motifs is 1. The van der Waals surface area contributed by atoms with Crippen LogP contribution in [0.5, 0.6) is 0 Å². The van der Waals surface area contributed by atoms with E-state index in [1.807, 2.05) is 27.0 Å². The first-order valence-electron chi connectivity index (χ1n) is 4.64. The molecule has 0 atom stereocenters. The van der Waals surface area contributed by atoms with E-state index in [0.29, 0.717) is 0 Å². The van der Waals surface area contributed by atoms with Gasteiger partial charge < -0.3 is 4.98 Å². The van der Waals surface area contributed by atoms with Gasteiger partial charge in [0.1, 0.15) is 0 Å². The van der Waals surface area contributed by atoms with E-state index in [1.165, 1.54) is 0 Å². The molecule has 14 heavy (non-hydrogen) atoms. The lowest BCUT2D eigenvalue weighted by atomic mass is 10.1. The standard InChI is InChI=1S/C10H13N3O/c1-6(2)7-4-9-8(12-10(7)14)5-11-13(9)3/h4-6H,1-3H3,(H,12,14). The summed E-state index contributed by atoms with van der Waals surface area (Å²) in [5.41, 5.74) is 2.55. The van der Waals surface area contributed by atoms with Gasteiger partial charge in [0.05, 0.1) is 17.2 Å². The number of pyridine rings is 1. The molecule has 0 aliphatic heterocycles. The molecule has 0 aromatic carbocycles. The van der Waals surface area contributed by atoms with E-state index < -0.39 is 0 Å². The molecule has 2 aromatic heterocycles. The maximum atomic E-state index is 11.6. The van der Waals surface area contributed by atoms with Crippen molar-refractivity contribution in [2.75, 3.05) is 0 Å². The molecule has 2 rings (SSSR count). The fraction of sp³-hybridized carbons (Fsp3) is 0.400.